The van der Waals surface area contributed by atoms with Gasteiger partial charge in [-0.25, -0.2) is 12.8 Å². The van der Waals surface area contributed by atoms with Gasteiger partial charge in [-0.2, -0.15) is 0 Å². The molecule has 1 fully saturated rings. The molecule has 0 spiro atoms. The van der Waals surface area contributed by atoms with Gasteiger partial charge in [0.15, 0.2) is 0 Å². The van der Waals surface area contributed by atoms with Crippen molar-refractivity contribution in [2.45, 2.75) is 77.9 Å². The molecule has 0 saturated heterocycles. The van der Waals surface area contributed by atoms with Crippen LogP contribution < -0.4 is 9.62 Å². The lowest BCUT2D eigenvalue weighted by Crippen LogP contribution is -2.54. The van der Waals surface area contributed by atoms with Gasteiger partial charge in [-0.3, -0.25) is 13.9 Å². The third-order valence-corrected chi connectivity index (χ3v) is 8.25. The standard InChI is InChI=1S/C28H38FN3O4S/c1-5-25(28(34)30-24-11-7-6-8-12-24)31(18-22-14-16-23(29)17-15-22)27(33)19-32(37(4,35)36)26-13-9-10-20(2)21(26)3/h9-10,13-17,24-25H,5-8,11-12,18-19H2,1-4H3,(H,30,34)/t25-/m1/s1. The quantitative estimate of drug-likeness (QED) is 0.490. The molecular weight excluding hydrogens is 493 g/mol. The summed E-state index contributed by atoms with van der Waals surface area (Å²) in [6.07, 6.45) is 6.50. The molecule has 37 heavy (non-hydrogen) atoms. The summed E-state index contributed by atoms with van der Waals surface area (Å²) in [6, 6.07) is 10.3. The Bertz CT molecular complexity index is 1190. The van der Waals surface area contributed by atoms with Crippen molar-refractivity contribution < 1.29 is 22.4 Å². The van der Waals surface area contributed by atoms with Crippen LogP contribution in [0.1, 0.15) is 62.1 Å². The summed E-state index contributed by atoms with van der Waals surface area (Å²) in [5.74, 6) is -1.15. The van der Waals surface area contributed by atoms with Crippen LogP contribution in [-0.4, -0.2) is 50.0 Å². The number of carbonyl (C=O) groups is 2. The number of sulfonamides is 1. The maximum Gasteiger partial charge on any atom is 0.244 e. The van der Waals surface area contributed by atoms with E-state index >= 15 is 0 Å². The minimum Gasteiger partial charge on any atom is -0.352 e. The molecule has 1 saturated carbocycles. The van der Waals surface area contributed by atoms with E-state index in [9.17, 15) is 22.4 Å². The average Bonchev–Trinajstić information content (AvgIpc) is 2.85. The van der Waals surface area contributed by atoms with E-state index in [1.807, 2.05) is 26.8 Å². The molecule has 0 heterocycles. The van der Waals surface area contributed by atoms with Crippen molar-refractivity contribution in [3.8, 4) is 0 Å². The van der Waals surface area contributed by atoms with Gasteiger partial charge in [0.25, 0.3) is 0 Å². The van der Waals surface area contributed by atoms with Crippen molar-refractivity contribution in [3.05, 3.63) is 65.0 Å². The van der Waals surface area contributed by atoms with Gasteiger partial charge in [-0.1, -0.05) is 50.5 Å². The third-order valence-electron chi connectivity index (χ3n) is 7.13. The minimum atomic E-state index is -3.80. The number of hydrogen-bond acceptors (Lipinski definition) is 4. The Kier molecular flexibility index (Phi) is 9.70. The normalized spacial score (nSPS) is 15.2. The maximum absolute atomic E-state index is 13.8. The number of benzene rings is 2. The number of nitrogens with zero attached hydrogens (tertiary/aromatic N) is 2. The topological polar surface area (TPSA) is 86.8 Å². The molecule has 1 aliphatic carbocycles. The van der Waals surface area contributed by atoms with Crippen molar-refractivity contribution in [2.75, 3.05) is 17.1 Å². The first kappa shape index (κ1) is 28.6. The van der Waals surface area contributed by atoms with Crippen LogP contribution in [0.15, 0.2) is 42.5 Å². The number of carbonyl (C=O) groups excluding carboxylic acids is 2. The van der Waals surface area contributed by atoms with Gasteiger partial charge < -0.3 is 10.2 Å². The van der Waals surface area contributed by atoms with Crippen molar-refractivity contribution in [1.29, 1.82) is 0 Å². The smallest absolute Gasteiger partial charge is 0.244 e. The fraction of sp³-hybridized carbons (Fsp3) is 0.500. The molecule has 0 aliphatic heterocycles. The predicted molar refractivity (Wildman–Crippen MR) is 144 cm³/mol. The molecular formula is C28H38FN3O4S. The molecule has 7 nitrogen and oxygen atoms in total. The van der Waals surface area contributed by atoms with E-state index in [4.69, 9.17) is 0 Å². The highest BCUT2D eigenvalue weighted by molar-refractivity contribution is 7.92. The number of hydrogen-bond donors (Lipinski definition) is 1. The molecule has 0 bridgehead atoms. The summed E-state index contributed by atoms with van der Waals surface area (Å²) < 4.78 is 40.3. The molecule has 0 aromatic heterocycles. The highest BCUT2D eigenvalue weighted by atomic mass is 32.2. The Morgan fingerprint density at radius 2 is 1.70 bits per heavy atom. The van der Waals surface area contributed by atoms with Gasteiger partial charge in [-0.15, -0.1) is 0 Å². The maximum atomic E-state index is 13.8. The van der Waals surface area contributed by atoms with E-state index in [0.717, 1.165) is 53.8 Å². The number of anilines is 1. The van der Waals surface area contributed by atoms with Gasteiger partial charge in [0, 0.05) is 12.6 Å². The Balaban J connectivity index is 1.93. The predicted octanol–water partition coefficient (Wildman–Crippen LogP) is 4.46. The van der Waals surface area contributed by atoms with Crippen LogP contribution in [-0.2, 0) is 26.2 Å². The number of aryl methyl sites for hydroxylation is 1. The number of rotatable bonds is 10. The van der Waals surface area contributed by atoms with E-state index in [1.165, 1.54) is 17.0 Å². The lowest BCUT2D eigenvalue weighted by atomic mass is 9.95. The molecule has 202 valence electrons. The Labute approximate surface area is 220 Å². The molecule has 3 rings (SSSR count). The summed E-state index contributed by atoms with van der Waals surface area (Å²) in [5, 5.41) is 3.11. The first-order chi connectivity index (χ1) is 17.5. The third kappa shape index (κ3) is 7.53. The number of nitrogens with one attached hydrogen (secondary N) is 1. The van der Waals surface area contributed by atoms with E-state index in [1.54, 1.807) is 24.3 Å². The molecule has 1 aliphatic rings. The fourth-order valence-electron chi connectivity index (χ4n) is 4.85. The van der Waals surface area contributed by atoms with Crippen LogP contribution in [0, 0.1) is 19.7 Å². The van der Waals surface area contributed by atoms with Gasteiger partial charge in [-0.05, 0) is 68.0 Å². The fourth-order valence-corrected chi connectivity index (χ4v) is 5.75. The number of halogens is 1. The van der Waals surface area contributed by atoms with E-state index in [2.05, 4.69) is 5.32 Å². The molecule has 2 aromatic carbocycles. The zero-order valence-corrected chi connectivity index (χ0v) is 23.0. The highest BCUT2D eigenvalue weighted by Gasteiger charge is 2.33. The van der Waals surface area contributed by atoms with Gasteiger partial charge in [0.1, 0.15) is 18.4 Å². The van der Waals surface area contributed by atoms with Gasteiger partial charge >= 0.3 is 0 Å². The van der Waals surface area contributed by atoms with Crippen molar-refractivity contribution >= 4 is 27.5 Å². The molecule has 2 aromatic rings. The minimum absolute atomic E-state index is 0.0557. The molecule has 2 amide bonds. The molecule has 0 unspecified atom stereocenters. The molecule has 1 atom stereocenters. The van der Waals surface area contributed by atoms with Crippen molar-refractivity contribution in [1.82, 2.24) is 10.2 Å². The highest BCUT2D eigenvalue weighted by Crippen LogP contribution is 2.26. The summed E-state index contributed by atoms with van der Waals surface area (Å²) in [7, 11) is -3.80. The first-order valence-corrected chi connectivity index (χ1v) is 14.7. The van der Waals surface area contributed by atoms with E-state index < -0.39 is 34.3 Å². The van der Waals surface area contributed by atoms with Gasteiger partial charge in [0.05, 0.1) is 11.9 Å². The molecule has 9 heteroatoms. The van der Waals surface area contributed by atoms with Crippen molar-refractivity contribution in [2.24, 2.45) is 0 Å². The van der Waals surface area contributed by atoms with E-state index in [-0.39, 0.29) is 18.5 Å². The summed E-state index contributed by atoms with van der Waals surface area (Å²) in [6.45, 7) is 5.13. The van der Waals surface area contributed by atoms with E-state index in [0.29, 0.717) is 17.7 Å². The Hall–Kier alpha value is -2.94. The Morgan fingerprint density at radius 3 is 2.30 bits per heavy atom. The monoisotopic (exact) mass is 531 g/mol. The van der Waals surface area contributed by atoms with Crippen LogP contribution in [0.2, 0.25) is 0 Å². The second kappa shape index (κ2) is 12.5. The zero-order chi connectivity index (χ0) is 27.2. The molecule has 0 radical (unpaired) electrons. The average molecular weight is 532 g/mol. The first-order valence-electron chi connectivity index (χ1n) is 12.9. The van der Waals surface area contributed by atoms with Crippen LogP contribution in [0.4, 0.5) is 10.1 Å². The number of amides is 2. The largest absolute Gasteiger partial charge is 0.352 e. The van der Waals surface area contributed by atoms with Gasteiger partial charge in [0.2, 0.25) is 21.8 Å². The Morgan fingerprint density at radius 1 is 1.05 bits per heavy atom. The summed E-state index contributed by atoms with van der Waals surface area (Å²) in [5.41, 5.74) is 2.74. The second-order valence-electron chi connectivity index (χ2n) is 9.90. The lowest BCUT2D eigenvalue weighted by molar-refractivity contribution is -0.140. The van der Waals surface area contributed by atoms with Crippen LogP contribution in [0.5, 0.6) is 0 Å². The molecule has 1 N–H and O–H groups in total. The van der Waals surface area contributed by atoms with Crippen LogP contribution in [0.3, 0.4) is 0 Å². The van der Waals surface area contributed by atoms with Crippen molar-refractivity contribution in [3.63, 3.8) is 0 Å². The lowest BCUT2D eigenvalue weighted by Gasteiger charge is -2.34. The van der Waals surface area contributed by atoms with Crippen LogP contribution >= 0.6 is 0 Å². The zero-order valence-electron chi connectivity index (χ0n) is 22.2. The van der Waals surface area contributed by atoms with Crippen LogP contribution in [0.25, 0.3) is 0 Å². The second-order valence-corrected chi connectivity index (χ2v) is 11.8. The summed E-state index contributed by atoms with van der Waals surface area (Å²) in [4.78, 5) is 28.6. The summed E-state index contributed by atoms with van der Waals surface area (Å²) >= 11 is 0. The SMILES string of the molecule is CC[C@H](C(=O)NC1CCCCC1)N(Cc1ccc(F)cc1)C(=O)CN(c1cccc(C)c1C)S(C)(=O)=O.